The van der Waals surface area contributed by atoms with Crippen molar-refractivity contribution in [3.8, 4) is 5.75 Å². The van der Waals surface area contributed by atoms with Crippen LogP contribution in [-0.4, -0.2) is 29.8 Å². The number of nitrogens with zero attached hydrogens (tertiary/aromatic N) is 3. The van der Waals surface area contributed by atoms with Crippen LogP contribution in [0.2, 0.25) is 0 Å². The van der Waals surface area contributed by atoms with Gasteiger partial charge in [-0.25, -0.2) is 0 Å². The second-order valence-electron chi connectivity index (χ2n) is 8.38. The number of benzene rings is 1. The Balaban J connectivity index is 1.23. The highest BCUT2D eigenvalue weighted by Crippen LogP contribution is 2.30. The number of piperidine rings is 1. The predicted octanol–water partition coefficient (Wildman–Crippen LogP) is 5.31. The molecule has 4 rings (SSSR count). The van der Waals surface area contributed by atoms with Crippen molar-refractivity contribution in [2.45, 2.75) is 57.8 Å². The molecule has 1 saturated heterocycles. The lowest BCUT2D eigenvalue weighted by Gasteiger charge is -2.30. The van der Waals surface area contributed by atoms with E-state index in [4.69, 9.17) is 9.26 Å². The van der Waals surface area contributed by atoms with E-state index in [-0.39, 0.29) is 0 Å². The topological polar surface area (TPSA) is 51.4 Å². The quantitative estimate of drug-likeness (QED) is 0.635. The van der Waals surface area contributed by atoms with Crippen molar-refractivity contribution in [1.82, 2.24) is 10.1 Å². The number of aromatic nitrogens is 2. The van der Waals surface area contributed by atoms with Crippen LogP contribution < -0.4 is 9.64 Å². The molecule has 1 aliphatic carbocycles. The molecule has 1 aliphatic heterocycles. The van der Waals surface area contributed by atoms with Crippen molar-refractivity contribution < 1.29 is 9.26 Å². The zero-order chi connectivity index (χ0) is 19.3. The average Bonchev–Trinajstić information content (AvgIpc) is 3.24. The number of ether oxygens (including phenoxy) is 1. The van der Waals surface area contributed by atoms with Gasteiger partial charge in [0, 0.05) is 19.0 Å². The molecule has 0 amide bonds. The van der Waals surface area contributed by atoms with Crippen LogP contribution in [0.1, 0.15) is 69.2 Å². The molecule has 0 radical (unpaired) electrons. The fraction of sp³-hybridized carbons (Fsp3) is 0.565. The maximum absolute atomic E-state index is 6.08. The van der Waals surface area contributed by atoms with E-state index in [9.17, 15) is 0 Å². The Morgan fingerprint density at radius 1 is 1.11 bits per heavy atom. The van der Waals surface area contributed by atoms with E-state index >= 15 is 0 Å². The molecule has 1 fully saturated rings. The van der Waals surface area contributed by atoms with Crippen LogP contribution in [0, 0.1) is 5.92 Å². The molecule has 2 aromatic rings. The van der Waals surface area contributed by atoms with Gasteiger partial charge < -0.3 is 14.2 Å². The van der Waals surface area contributed by atoms with Crippen LogP contribution in [0.5, 0.6) is 5.75 Å². The molecule has 5 heteroatoms. The van der Waals surface area contributed by atoms with Gasteiger partial charge in [-0.05, 0) is 61.6 Å². The summed E-state index contributed by atoms with van der Waals surface area (Å²) in [5.41, 5.74) is 1.44. The maximum Gasteiger partial charge on any atom is 0.324 e. The fourth-order valence-electron chi connectivity index (χ4n) is 4.03. The SMILES string of the molecule is CC(C)c1noc(N2CCC(COc3ccc(C4CC=CCC4)cc3)CC2)n1. The molecular formula is C23H31N3O2. The first kappa shape index (κ1) is 19.0. The van der Waals surface area contributed by atoms with Gasteiger partial charge >= 0.3 is 6.01 Å². The summed E-state index contributed by atoms with van der Waals surface area (Å²) in [5.74, 6) is 3.31. The molecule has 150 valence electrons. The van der Waals surface area contributed by atoms with E-state index in [1.807, 2.05) is 0 Å². The fourth-order valence-corrected chi connectivity index (χ4v) is 4.03. The smallest absolute Gasteiger partial charge is 0.324 e. The van der Waals surface area contributed by atoms with Crippen LogP contribution >= 0.6 is 0 Å². The standard InChI is InChI=1S/C23H31N3O2/c1-17(2)22-24-23(28-25-22)26-14-12-18(13-15-26)16-27-21-10-8-20(9-11-21)19-6-4-3-5-7-19/h3-4,8-11,17-19H,5-7,12-16H2,1-2H3. The van der Waals surface area contributed by atoms with Crippen LogP contribution in [0.15, 0.2) is 40.9 Å². The lowest BCUT2D eigenvalue weighted by atomic mass is 9.88. The molecule has 2 aliphatic rings. The Bertz CT molecular complexity index is 773. The maximum atomic E-state index is 6.08. The van der Waals surface area contributed by atoms with Gasteiger partial charge in [0.2, 0.25) is 0 Å². The summed E-state index contributed by atoms with van der Waals surface area (Å²) >= 11 is 0. The zero-order valence-electron chi connectivity index (χ0n) is 17.0. The minimum atomic E-state index is 0.296. The Kier molecular flexibility index (Phi) is 5.98. The second-order valence-corrected chi connectivity index (χ2v) is 8.38. The van der Waals surface area contributed by atoms with Crippen LogP contribution in [-0.2, 0) is 0 Å². The van der Waals surface area contributed by atoms with Crippen LogP contribution in [0.3, 0.4) is 0 Å². The molecular weight excluding hydrogens is 350 g/mol. The molecule has 2 heterocycles. The Morgan fingerprint density at radius 2 is 1.89 bits per heavy atom. The number of rotatable bonds is 6. The largest absolute Gasteiger partial charge is 0.493 e. The average molecular weight is 382 g/mol. The number of allylic oxidation sites excluding steroid dienone is 2. The van der Waals surface area contributed by atoms with Gasteiger partial charge in [-0.1, -0.05) is 43.3 Å². The van der Waals surface area contributed by atoms with E-state index < -0.39 is 0 Å². The van der Waals surface area contributed by atoms with Gasteiger partial charge in [-0.15, -0.1) is 0 Å². The highest BCUT2D eigenvalue weighted by atomic mass is 16.5. The molecule has 28 heavy (non-hydrogen) atoms. The summed E-state index contributed by atoms with van der Waals surface area (Å²) in [6, 6.07) is 9.41. The first-order chi connectivity index (χ1) is 13.7. The molecule has 1 aromatic carbocycles. The second kappa shape index (κ2) is 8.80. The van der Waals surface area contributed by atoms with Gasteiger partial charge in [0.1, 0.15) is 5.75 Å². The van der Waals surface area contributed by atoms with Crippen LogP contribution in [0.25, 0.3) is 0 Å². The van der Waals surface area contributed by atoms with E-state index in [0.29, 0.717) is 23.8 Å². The number of anilines is 1. The van der Waals surface area contributed by atoms with Crippen molar-refractivity contribution in [2.75, 3.05) is 24.6 Å². The summed E-state index contributed by atoms with van der Waals surface area (Å²) in [6.07, 6.45) is 10.4. The van der Waals surface area contributed by atoms with Crippen LogP contribution in [0.4, 0.5) is 6.01 Å². The van der Waals surface area contributed by atoms with Crippen molar-refractivity contribution in [3.05, 3.63) is 47.8 Å². The van der Waals surface area contributed by atoms with Crippen molar-refractivity contribution >= 4 is 6.01 Å². The Labute approximate surface area is 167 Å². The molecule has 0 N–H and O–H groups in total. The predicted molar refractivity (Wildman–Crippen MR) is 111 cm³/mol. The minimum absolute atomic E-state index is 0.296. The molecule has 1 aromatic heterocycles. The molecule has 1 atom stereocenters. The van der Waals surface area contributed by atoms with Gasteiger partial charge in [0.25, 0.3) is 0 Å². The van der Waals surface area contributed by atoms with E-state index in [0.717, 1.165) is 50.5 Å². The van der Waals surface area contributed by atoms with E-state index in [1.54, 1.807) is 0 Å². The van der Waals surface area contributed by atoms with Crippen molar-refractivity contribution in [1.29, 1.82) is 0 Å². The van der Waals surface area contributed by atoms with Gasteiger partial charge in [0.05, 0.1) is 6.61 Å². The Morgan fingerprint density at radius 3 is 2.54 bits per heavy atom. The number of hydrogen-bond acceptors (Lipinski definition) is 5. The summed E-state index contributed by atoms with van der Waals surface area (Å²) in [4.78, 5) is 6.71. The third-order valence-corrected chi connectivity index (χ3v) is 5.94. The molecule has 0 saturated carbocycles. The summed E-state index contributed by atoms with van der Waals surface area (Å²) in [5, 5.41) is 4.07. The van der Waals surface area contributed by atoms with Crippen molar-refractivity contribution in [3.63, 3.8) is 0 Å². The summed E-state index contributed by atoms with van der Waals surface area (Å²) in [6.45, 7) is 6.83. The third kappa shape index (κ3) is 4.57. The summed E-state index contributed by atoms with van der Waals surface area (Å²) < 4.78 is 11.5. The van der Waals surface area contributed by atoms with Gasteiger partial charge in [-0.3, -0.25) is 0 Å². The first-order valence-corrected chi connectivity index (χ1v) is 10.7. The molecule has 1 unspecified atom stereocenters. The lowest BCUT2D eigenvalue weighted by molar-refractivity contribution is 0.220. The molecule has 0 bridgehead atoms. The third-order valence-electron chi connectivity index (χ3n) is 5.94. The highest BCUT2D eigenvalue weighted by Gasteiger charge is 2.24. The lowest BCUT2D eigenvalue weighted by Crippen LogP contribution is -2.35. The molecule has 0 spiro atoms. The minimum Gasteiger partial charge on any atom is -0.493 e. The Hall–Kier alpha value is -2.30. The zero-order valence-corrected chi connectivity index (χ0v) is 17.0. The van der Waals surface area contributed by atoms with E-state index in [2.05, 4.69) is 65.3 Å². The highest BCUT2D eigenvalue weighted by molar-refractivity contribution is 5.30. The number of hydrogen-bond donors (Lipinski definition) is 0. The van der Waals surface area contributed by atoms with Gasteiger partial charge in [0.15, 0.2) is 5.82 Å². The summed E-state index contributed by atoms with van der Waals surface area (Å²) in [7, 11) is 0. The van der Waals surface area contributed by atoms with Gasteiger partial charge in [-0.2, -0.15) is 4.98 Å². The molecule has 5 nitrogen and oxygen atoms in total. The van der Waals surface area contributed by atoms with Crippen molar-refractivity contribution in [2.24, 2.45) is 5.92 Å². The first-order valence-electron chi connectivity index (χ1n) is 10.7. The normalized spacial score (nSPS) is 20.7. The monoisotopic (exact) mass is 381 g/mol. The van der Waals surface area contributed by atoms with E-state index in [1.165, 1.54) is 18.4 Å².